The Morgan fingerprint density at radius 1 is 1.47 bits per heavy atom. The van der Waals surface area contributed by atoms with Crippen molar-refractivity contribution < 1.29 is 18.3 Å². The van der Waals surface area contributed by atoms with Crippen molar-refractivity contribution in [2.45, 2.75) is 18.9 Å². The molecule has 0 aromatic rings. The van der Waals surface area contributed by atoms with Crippen LogP contribution in [0.1, 0.15) is 12.8 Å². The molecule has 0 amide bonds. The van der Waals surface area contributed by atoms with Gasteiger partial charge in [-0.3, -0.25) is 4.79 Å². The Kier molecular flexibility index (Phi) is 2.96. The van der Waals surface area contributed by atoms with Gasteiger partial charge in [0.15, 0.2) is 0 Å². The van der Waals surface area contributed by atoms with Gasteiger partial charge in [0.25, 0.3) is 0 Å². The molecule has 15 heavy (non-hydrogen) atoms. The van der Waals surface area contributed by atoms with Crippen molar-refractivity contribution in [3.05, 3.63) is 0 Å². The number of hydrogen-bond acceptors (Lipinski definition) is 4. The van der Waals surface area contributed by atoms with E-state index in [0.29, 0.717) is 5.75 Å². The van der Waals surface area contributed by atoms with Crippen LogP contribution in [0.2, 0.25) is 0 Å². The number of carboxylic acid groups (broad SMARTS) is 1. The fourth-order valence-electron chi connectivity index (χ4n) is 1.57. The summed E-state index contributed by atoms with van der Waals surface area (Å²) in [5, 5.41) is 8.88. The van der Waals surface area contributed by atoms with Crippen LogP contribution in [-0.4, -0.2) is 47.2 Å². The number of hydrogen-bond donors (Lipinski definition) is 1. The van der Waals surface area contributed by atoms with Gasteiger partial charge in [-0.1, -0.05) is 0 Å². The number of carbonyl (C=O) groups is 1. The fourth-order valence-corrected chi connectivity index (χ4v) is 5.22. The maximum absolute atomic E-state index is 11.8. The zero-order chi connectivity index (χ0) is 11.1. The lowest BCUT2D eigenvalue weighted by Crippen LogP contribution is -2.43. The van der Waals surface area contributed by atoms with Gasteiger partial charge in [-0.15, -0.1) is 11.8 Å². The van der Waals surface area contributed by atoms with Gasteiger partial charge in [0.05, 0.1) is 11.6 Å². The first-order valence-electron chi connectivity index (χ1n) is 4.81. The Bertz CT molecular complexity index is 363. The lowest BCUT2D eigenvalue weighted by atomic mass is 10.4. The molecule has 2 aliphatic rings. The molecular weight excluding hydrogens is 238 g/mol. The Hall–Kier alpha value is -0.270. The summed E-state index contributed by atoms with van der Waals surface area (Å²) in [5.74, 6) is -0.0165. The lowest BCUT2D eigenvalue weighted by Gasteiger charge is -2.19. The Morgan fingerprint density at radius 3 is 2.67 bits per heavy atom. The first-order chi connectivity index (χ1) is 7.00. The van der Waals surface area contributed by atoms with E-state index in [1.807, 2.05) is 0 Å². The van der Waals surface area contributed by atoms with E-state index in [2.05, 4.69) is 0 Å². The molecule has 0 radical (unpaired) electrons. The van der Waals surface area contributed by atoms with E-state index in [9.17, 15) is 13.2 Å². The van der Waals surface area contributed by atoms with Crippen molar-refractivity contribution >= 4 is 27.8 Å². The van der Waals surface area contributed by atoms with Gasteiger partial charge in [0, 0.05) is 5.75 Å². The van der Waals surface area contributed by atoms with Crippen LogP contribution in [0.3, 0.4) is 0 Å². The van der Waals surface area contributed by atoms with Crippen LogP contribution in [0.4, 0.5) is 0 Å². The normalized spacial score (nSPS) is 28.1. The highest BCUT2D eigenvalue weighted by Gasteiger charge is 2.41. The lowest BCUT2D eigenvalue weighted by molar-refractivity contribution is -0.140. The van der Waals surface area contributed by atoms with Crippen LogP contribution in [0.5, 0.6) is 0 Å². The summed E-state index contributed by atoms with van der Waals surface area (Å²) in [4.78, 5) is 10.8. The second-order valence-electron chi connectivity index (χ2n) is 3.96. The Labute approximate surface area is 92.9 Å². The smallest absolute Gasteiger partial charge is 0.322 e. The molecule has 2 rings (SSSR count). The number of rotatable bonds is 4. The number of sulfonamides is 1. The largest absolute Gasteiger partial charge is 0.480 e. The first-order valence-corrected chi connectivity index (χ1v) is 7.57. The molecule has 86 valence electrons. The monoisotopic (exact) mass is 251 g/mol. The van der Waals surface area contributed by atoms with E-state index >= 15 is 0 Å². The van der Waals surface area contributed by atoms with Crippen molar-refractivity contribution in [3.63, 3.8) is 0 Å². The van der Waals surface area contributed by atoms with E-state index in [0.717, 1.165) is 17.1 Å². The van der Waals surface area contributed by atoms with E-state index in [1.165, 1.54) is 11.8 Å². The summed E-state index contributed by atoms with van der Waals surface area (Å²) >= 11 is 1.36. The molecule has 1 atom stereocenters. The molecule has 5 nitrogen and oxygen atoms in total. The summed E-state index contributed by atoms with van der Waals surface area (Å²) in [7, 11) is -3.36. The Balaban J connectivity index is 2.10. The third kappa shape index (κ3) is 2.46. The van der Waals surface area contributed by atoms with E-state index in [1.54, 1.807) is 0 Å². The minimum atomic E-state index is -3.36. The van der Waals surface area contributed by atoms with E-state index in [4.69, 9.17) is 5.11 Å². The molecule has 0 aromatic heterocycles. The molecule has 0 aromatic carbocycles. The zero-order valence-electron chi connectivity index (χ0n) is 8.13. The van der Waals surface area contributed by atoms with E-state index < -0.39 is 22.0 Å². The predicted octanol–water partition coefficient (Wildman–Crippen LogP) is 0.186. The summed E-state index contributed by atoms with van der Waals surface area (Å²) in [6.07, 6.45) is 1.91. The summed E-state index contributed by atoms with van der Waals surface area (Å²) in [5.41, 5.74) is 0. The highest BCUT2D eigenvalue weighted by atomic mass is 32.2. The highest BCUT2D eigenvalue weighted by molar-refractivity contribution is 8.00. The molecule has 1 saturated heterocycles. The Morgan fingerprint density at radius 2 is 2.13 bits per heavy atom. The molecule has 1 saturated carbocycles. The summed E-state index contributed by atoms with van der Waals surface area (Å²) in [6.45, 7) is 0. The molecule has 2 fully saturated rings. The number of nitrogens with zero attached hydrogens (tertiary/aromatic N) is 1. The second-order valence-corrected chi connectivity index (χ2v) is 6.93. The molecular formula is C8H13NO4S2. The number of carboxylic acids is 1. The maximum Gasteiger partial charge on any atom is 0.322 e. The third-order valence-corrected chi connectivity index (χ3v) is 5.79. The van der Waals surface area contributed by atoms with Crippen molar-refractivity contribution in [2.75, 3.05) is 17.4 Å². The second kappa shape index (κ2) is 3.95. The molecule has 0 spiro atoms. The fraction of sp³-hybridized carbons (Fsp3) is 0.875. The molecule has 1 aliphatic carbocycles. The third-order valence-electron chi connectivity index (χ3n) is 2.63. The summed E-state index contributed by atoms with van der Waals surface area (Å²) in [6, 6.07) is -0.862. The van der Waals surface area contributed by atoms with Gasteiger partial charge in [0.2, 0.25) is 10.0 Å². The van der Waals surface area contributed by atoms with E-state index in [-0.39, 0.29) is 17.5 Å². The minimum absolute atomic E-state index is 0.122. The standard InChI is InChI=1S/C8H13NO4S2/c10-8(11)7-3-14-5-9(7)15(12,13)4-6-1-2-6/h6-7H,1-5H2,(H,10,11). The SMILES string of the molecule is O=C(O)C1CSCN1S(=O)(=O)CC1CC1. The van der Waals surface area contributed by atoms with Gasteiger partial charge in [-0.25, -0.2) is 8.42 Å². The van der Waals surface area contributed by atoms with Gasteiger partial charge in [-0.05, 0) is 18.8 Å². The van der Waals surface area contributed by atoms with Crippen molar-refractivity contribution in [1.29, 1.82) is 0 Å². The molecule has 1 N–H and O–H groups in total. The topological polar surface area (TPSA) is 74.7 Å². The molecule has 1 unspecified atom stereocenters. The molecule has 7 heteroatoms. The van der Waals surface area contributed by atoms with Crippen LogP contribution in [0.15, 0.2) is 0 Å². The average Bonchev–Trinajstić information content (AvgIpc) is 2.80. The van der Waals surface area contributed by atoms with Crippen molar-refractivity contribution in [1.82, 2.24) is 4.31 Å². The highest BCUT2D eigenvalue weighted by Crippen LogP contribution is 2.33. The van der Waals surface area contributed by atoms with Crippen LogP contribution >= 0.6 is 11.8 Å². The predicted molar refractivity (Wildman–Crippen MR) is 57.1 cm³/mol. The average molecular weight is 251 g/mol. The zero-order valence-corrected chi connectivity index (χ0v) is 9.76. The molecule has 1 heterocycles. The van der Waals surface area contributed by atoms with Crippen LogP contribution < -0.4 is 0 Å². The molecule has 0 bridgehead atoms. The van der Waals surface area contributed by atoms with Gasteiger partial charge >= 0.3 is 5.97 Å². The maximum atomic E-state index is 11.8. The minimum Gasteiger partial charge on any atom is -0.480 e. The number of aliphatic carboxylic acids is 1. The quantitative estimate of drug-likeness (QED) is 0.772. The van der Waals surface area contributed by atoms with Gasteiger partial charge in [0.1, 0.15) is 6.04 Å². The number of thioether (sulfide) groups is 1. The van der Waals surface area contributed by atoms with Crippen molar-refractivity contribution in [3.8, 4) is 0 Å². The van der Waals surface area contributed by atoms with Gasteiger partial charge < -0.3 is 5.11 Å². The van der Waals surface area contributed by atoms with Gasteiger partial charge in [-0.2, -0.15) is 4.31 Å². The van der Waals surface area contributed by atoms with Crippen molar-refractivity contribution in [2.24, 2.45) is 5.92 Å². The first kappa shape index (κ1) is 11.2. The molecule has 1 aliphatic heterocycles. The van der Waals surface area contributed by atoms with Crippen LogP contribution in [-0.2, 0) is 14.8 Å². The van der Waals surface area contributed by atoms with Crippen LogP contribution in [0, 0.1) is 5.92 Å². The summed E-state index contributed by atoms with van der Waals surface area (Å²) < 4.78 is 24.8. The van der Waals surface area contributed by atoms with Crippen LogP contribution in [0.25, 0.3) is 0 Å².